The topological polar surface area (TPSA) is 66.9 Å². The van der Waals surface area contributed by atoms with E-state index < -0.39 is 0 Å². The van der Waals surface area contributed by atoms with Crippen molar-refractivity contribution in [3.63, 3.8) is 0 Å². The van der Waals surface area contributed by atoms with Crippen LogP contribution in [0, 0.1) is 0 Å². The molecule has 1 aromatic heterocycles. The maximum Gasteiger partial charge on any atom is 0.270 e. The largest absolute Gasteiger partial charge is 0.348 e. The second-order valence-electron chi connectivity index (χ2n) is 5.86. The lowest BCUT2D eigenvalue weighted by atomic mass is 10.1. The fourth-order valence-corrected chi connectivity index (χ4v) is 2.95. The van der Waals surface area contributed by atoms with Gasteiger partial charge < -0.3 is 10.6 Å². The molecule has 2 aromatic rings. The standard InChI is InChI=1S/C18H22N4O/c1-2-13-7-3-6-10-15(13)21-18-19-12-11-16(22-18)17(23)20-14-8-4-5-9-14/h3,6-7,10-12,14H,2,4-5,8-9H2,1H3,(H,20,23)(H,19,21,22). The molecular formula is C18H22N4O. The predicted molar refractivity (Wildman–Crippen MR) is 90.9 cm³/mol. The molecule has 0 unspecified atom stereocenters. The number of carbonyl (C=O) groups is 1. The average molecular weight is 310 g/mol. The van der Waals surface area contributed by atoms with Crippen LogP contribution in [0.25, 0.3) is 0 Å². The Morgan fingerprint density at radius 3 is 2.78 bits per heavy atom. The van der Waals surface area contributed by atoms with Crippen molar-refractivity contribution in [1.82, 2.24) is 15.3 Å². The number of nitrogens with zero attached hydrogens (tertiary/aromatic N) is 2. The summed E-state index contributed by atoms with van der Waals surface area (Å²) in [7, 11) is 0. The molecule has 5 heteroatoms. The molecule has 23 heavy (non-hydrogen) atoms. The molecule has 1 saturated carbocycles. The zero-order chi connectivity index (χ0) is 16.1. The van der Waals surface area contributed by atoms with Gasteiger partial charge in [0.25, 0.3) is 5.91 Å². The van der Waals surface area contributed by atoms with Crippen LogP contribution < -0.4 is 10.6 Å². The zero-order valence-electron chi connectivity index (χ0n) is 13.4. The molecule has 0 spiro atoms. The summed E-state index contributed by atoms with van der Waals surface area (Å²) in [5.41, 5.74) is 2.57. The molecule has 0 aliphatic heterocycles. The van der Waals surface area contributed by atoms with Crippen molar-refractivity contribution in [2.45, 2.75) is 45.1 Å². The smallest absolute Gasteiger partial charge is 0.270 e. The number of aromatic nitrogens is 2. The summed E-state index contributed by atoms with van der Waals surface area (Å²) >= 11 is 0. The van der Waals surface area contributed by atoms with Gasteiger partial charge in [-0.25, -0.2) is 9.97 Å². The predicted octanol–water partition coefficient (Wildman–Crippen LogP) is 3.46. The van der Waals surface area contributed by atoms with E-state index in [1.54, 1.807) is 12.3 Å². The van der Waals surface area contributed by atoms with Crippen LogP contribution in [-0.4, -0.2) is 21.9 Å². The minimum absolute atomic E-state index is 0.119. The quantitative estimate of drug-likeness (QED) is 0.887. The molecule has 1 aliphatic rings. The van der Waals surface area contributed by atoms with Gasteiger partial charge in [-0.05, 0) is 37.0 Å². The molecule has 1 amide bonds. The van der Waals surface area contributed by atoms with Crippen molar-refractivity contribution in [1.29, 1.82) is 0 Å². The van der Waals surface area contributed by atoms with Crippen LogP contribution in [0.15, 0.2) is 36.5 Å². The molecule has 1 fully saturated rings. The van der Waals surface area contributed by atoms with Gasteiger partial charge in [0, 0.05) is 17.9 Å². The lowest BCUT2D eigenvalue weighted by Crippen LogP contribution is -2.33. The molecule has 0 bridgehead atoms. The van der Waals surface area contributed by atoms with Crippen molar-refractivity contribution in [3.05, 3.63) is 47.8 Å². The van der Waals surface area contributed by atoms with E-state index in [1.165, 1.54) is 18.4 Å². The van der Waals surface area contributed by atoms with Gasteiger partial charge in [-0.15, -0.1) is 0 Å². The molecule has 1 aliphatic carbocycles. The van der Waals surface area contributed by atoms with Crippen molar-refractivity contribution < 1.29 is 4.79 Å². The summed E-state index contributed by atoms with van der Waals surface area (Å²) < 4.78 is 0. The van der Waals surface area contributed by atoms with Gasteiger partial charge in [0.05, 0.1) is 0 Å². The van der Waals surface area contributed by atoms with Crippen LogP contribution in [0.1, 0.15) is 48.7 Å². The number of hydrogen-bond acceptors (Lipinski definition) is 4. The maximum absolute atomic E-state index is 12.3. The Balaban J connectivity index is 1.73. The minimum atomic E-state index is -0.119. The van der Waals surface area contributed by atoms with Gasteiger partial charge in [0.2, 0.25) is 5.95 Å². The van der Waals surface area contributed by atoms with E-state index in [0.717, 1.165) is 24.9 Å². The Morgan fingerprint density at radius 1 is 1.22 bits per heavy atom. The number of nitrogens with one attached hydrogen (secondary N) is 2. The van der Waals surface area contributed by atoms with Crippen molar-refractivity contribution in [2.24, 2.45) is 0 Å². The van der Waals surface area contributed by atoms with Crippen LogP contribution in [-0.2, 0) is 6.42 Å². The van der Waals surface area contributed by atoms with E-state index in [0.29, 0.717) is 11.6 Å². The van der Waals surface area contributed by atoms with Gasteiger partial charge in [-0.2, -0.15) is 0 Å². The Hall–Kier alpha value is -2.43. The number of aryl methyl sites for hydroxylation is 1. The number of rotatable bonds is 5. The fourth-order valence-electron chi connectivity index (χ4n) is 2.95. The molecule has 3 rings (SSSR count). The first-order valence-corrected chi connectivity index (χ1v) is 8.25. The molecule has 120 valence electrons. The lowest BCUT2D eigenvalue weighted by Gasteiger charge is -2.12. The zero-order valence-corrected chi connectivity index (χ0v) is 13.4. The molecule has 0 saturated heterocycles. The van der Waals surface area contributed by atoms with Crippen LogP contribution >= 0.6 is 0 Å². The summed E-state index contributed by atoms with van der Waals surface area (Å²) in [6.45, 7) is 2.10. The van der Waals surface area contributed by atoms with Crippen molar-refractivity contribution in [3.8, 4) is 0 Å². The van der Waals surface area contributed by atoms with Gasteiger partial charge in [-0.3, -0.25) is 4.79 Å². The Bertz CT molecular complexity index is 680. The first kappa shape index (κ1) is 15.5. The number of benzene rings is 1. The Labute approximate surface area is 136 Å². The highest BCUT2D eigenvalue weighted by Gasteiger charge is 2.19. The molecule has 5 nitrogen and oxygen atoms in total. The highest BCUT2D eigenvalue weighted by molar-refractivity contribution is 5.92. The molecular weight excluding hydrogens is 288 g/mol. The van der Waals surface area contributed by atoms with E-state index >= 15 is 0 Å². The van der Waals surface area contributed by atoms with Crippen molar-refractivity contribution in [2.75, 3.05) is 5.32 Å². The first-order chi connectivity index (χ1) is 11.3. The third kappa shape index (κ3) is 3.86. The van der Waals surface area contributed by atoms with Gasteiger partial charge >= 0.3 is 0 Å². The maximum atomic E-state index is 12.3. The van der Waals surface area contributed by atoms with Crippen LogP contribution in [0.5, 0.6) is 0 Å². The van der Waals surface area contributed by atoms with Crippen LogP contribution in [0.3, 0.4) is 0 Å². The van der Waals surface area contributed by atoms with Crippen molar-refractivity contribution >= 4 is 17.5 Å². The minimum Gasteiger partial charge on any atom is -0.348 e. The van der Waals surface area contributed by atoms with E-state index in [-0.39, 0.29) is 11.9 Å². The highest BCUT2D eigenvalue weighted by atomic mass is 16.1. The molecule has 1 heterocycles. The Kier molecular flexibility index (Phi) is 4.86. The highest BCUT2D eigenvalue weighted by Crippen LogP contribution is 2.20. The number of amides is 1. The monoisotopic (exact) mass is 310 g/mol. The van der Waals surface area contributed by atoms with E-state index in [4.69, 9.17) is 0 Å². The summed E-state index contributed by atoms with van der Waals surface area (Å²) in [6, 6.07) is 9.98. The number of para-hydroxylation sites is 1. The SMILES string of the molecule is CCc1ccccc1Nc1nccc(C(=O)NC2CCCC2)n1. The third-order valence-corrected chi connectivity index (χ3v) is 4.22. The second-order valence-corrected chi connectivity index (χ2v) is 5.86. The van der Waals surface area contributed by atoms with E-state index in [1.807, 2.05) is 18.2 Å². The second kappa shape index (κ2) is 7.22. The van der Waals surface area contributed by atoms with Crippen LogP contribution in [0.4, 0.5) is 11.6 Å². The fraction of sp³-hybridized carbons (Fsp3) is 0.389. The van der Waals surface area contributed by atoms with Crippen LogP contribution in [0.2, 0.25) is 0 Å². The first-order valence-electron chi connectivity index (χ1n) is 8.25. The number of hydrogen-bond donors (Lipinski definition) is 2. The van der Waals surface area contributed by atoms with Gasteiger partial charge in [0.1, 0.15) is 5.69 Å². The number of carbonyl (C=O) groups excluding carboxylic acids is 1. The molecule has 1 aromatic carbocycles. The lowest BCUT2D eigenvalue weighted by molar-refractivity contribution is 0.0933. The average Bonchev–Trinajstić information content (AvgIpc) is 3.08. The Morgan fingerprint density at radius 2 is 2.00 bits per heavy atom. The van der Waals surface area contributed by atoms with E-state index in [9.17, 15) is 4.79 Å². The normalized spacial score (nSPS) is 14.7. The van der Waals surface area contributed by atoms with E-state index in [2.05, 4.69) is 33.6 Å². The van der Waals surface area contributed by atoms with Gasteiger partial charge in [-0.1, -0.05) is 38.0 Å². The summed E-state index contributed by atoms with van der Waals surface area (Å²) in [4.78, 5) is 20.9. The molecule has 2 N–H and O–H groups in total. The van der Waals surface area contributed by atoms with Gasteiger partial charge in [0.15, 0.2) is 0 Å². The molecule has 0 atom stereocenters. The number of anilines is 2. The summed E-state index contributed by atoms with van der Waals surface area (Å²) in [6.07, 6.45) is 7.04. The summed E-state index contributed by atoms with van der Waals surface area (Å²) in [5.74, 6) is 0.330. The summed E-state index contributed by atoms with van der Waals surface area (Å²) in [5, 5.41) is 6.26. The third-order valence-electron chi connectivity index (χ3n) is 4.22. The molecule has 0 radical (unpaired) electrons.